The summed E-state index contributed by atoms with van der Waals surface area (Å²) < 4.78 is 13.6. The molecule has 0 spiro atoms. The van der Waals surface area contributed by atoms with Crippen LogP contribution in [0.1, 0.15) is 37.6 Å². The van der Waals surface area contributed by atoms with Gasteiger partial charge in [0.25, 0.3) is 0 Å². The SMILES string of the molecule is C=CCc1ccc(OCCCn2c(CNC(=O)CCC)nc3ccccc32)c(OC)c1. The number of carbonyl (C=O) groups excluding carboxylic acids is 1. The van der Waals surface area contributed by atoms with Gasteiger partial charge in [-0.05, 0) is 49.1 Å². The van der Waals surface area contributed by atoms with E-state index in [1.165, 1.54) is 0 Å². The standard InChI is InChI=1S/C25H31N3O3/c1-4-9-19-13-14-22(23(17-19)30-3)31-16-8-15-28-21-12-7-6-11-20(21)27-24(28)18-26-25(29)10-5-2/h4,6-7,11-14,17H,1,5,8-10,15-16,18H2,2-3H3,(H,26,29). The number of rotatable bonds is 12. The van der Waals surface area contributed by atoms with Gasteiger partial charge in [0.15, 0.2) is 11.5 Å². The van der Waals surface area contributed by atoms with Crippen molar-refractivity contribution < 1.29 is 14.3 Å². The van der Waals surface area contributed by atoms with Crippen molar-refractivity contribution in [3.05, 3.63) is 66.5 Å². The number of hydrogen-bond acceptors (Lipinski definition) is 4. The summed E-state index contributed by atoms with van der Waals surface area (Å²) in [5.41, 5.74) is 3.13. The van der Waals surface area contributed by atoms with Crippen LogP contribution in [0.5, 0.6) is 11.5 Å². The minimum absolute atomic E-state index is 0.0523. The van der Waals surface area contributed by atoms with E-state index >= 15 is 0 Å². The number of nitrogens with one attached hydrogen (secondary N) is 1. The first-order valence-corrected chi connectivity index (χ1v) is 10.8. The molecule has 0 radical (unpaired) electrons. The molecule has 0 saturated heterocycles. The largest absolute Gasteiger partial charge is 0.493 e. The Kier molecular flexibility index (Phi) is 8.10. The second-order valence-electron chi connectivity index (χ2n) is 7.38. The van der Waals surface area contributed by atoms with Crippen molar-refractivity contribution in [3.63, 3.8) is 0 Å². The Hall–Kier alpha value is -3.28. The number of para-hydroxylation sites is 2. The van der Waals surface area contributed by atoms with Gasteiger partial charge in [-0.2, -0.15) is 0 Å². The van der Waals surface area contributed by atoms with Crippen molar-refractivity contribution in [3.8, 4) is 11.5 Å². The second kappa shape index (κ2) is 11.2. The summed E-state index contributed by atoms with van der Waals surface area (Å²) in [4.78, 5) is 16.6. The van der Waals surface area contributed by atoms with Crippen LogP contribution in [0.3, 0.4) is 0 Å². The highest BCUT2D eigenvalue weighted by Gasteiger charge is 2.12. The van der Waals surface area contributed by atoms with E-state index in [4.69, 9.17) is 14.5 Å². The summed E-state index contributed by atoms with van der Waals surface area (Å²) in [5.74, 6) is 2.37. The maximum Gasteiger partial charge on any atom is 0.220 e. The van der Waals surface area contributed by atoms with E-state index in [-0.39, 0.29) is 5.91 Å². The number of fused-ring (bicyclic) bond motifs is 1. The lowest BCUT2D eigenvalue weighted by atomic mass is 10.1. The summed E-state index contributed by atoms with van der Waals surface area (Å²) in [5, 5.41) is 2.97. The molecule has 1 amide bonds. The van der Waals surface area contributed by atoms with Crippen LogP contribution in [0.15, 0.2) is 55.1 Å². The average molecular weight is 422 g/mol. The Morgan fingerprint density at radius 1 is 1.23 bits per heavy atom. The molecule has 0 atom stereocenters. The highest BCUT2D eigenvalue weighted by Crippen LogP contribution is 2.28. The molecule has 0 saturated carbocycles. The Labute approximate surface area is 183 Å². The van der Waals surface area contributed by atoms with Gasteiger partial charge in [-0.1, -0.05) is 31.2 Å². The third kappa shape index (κ3) is 5.87. The summed E-state index contributed by atoms with van der Waals surface area (Å²) >= 11 is 0. The number of methoxy groups -OCH3 is 1. The molecule has 0 bridgehead atoms. The lowest BCUT2D eigenvalue weighted by Crippen LogP contribution is -2.24. The Morgan fingerprint density at radius 3 is 2.84 bits per heavy atom. The minimum Gasteiger partial charge on any atom is -0.493 e. The first kappa shape index (κ1) is 22.4. The van der Waals surface area contributed by atoms with Crippen LogP contribution in [-0.4, -0.2) is 29.2 Å². The molecule has 0 unspecified atom stereocenters. The number of carbonyl (C=O) groups is 1. The maximum atomic E-state index is 11.9. The van der Waals surface area contributed by atoms with Gasteiger partial charge in [-0.15, -0.1) is 6.58 Å². The van der Waals surface area contributed by atoms with Crippen molar-refractivity contribution in [2.75, 3.05) is 13.7 Å². The number of allylic oxidation sites excluding steroid dienone is 1. The zero-order valence-corrected chi connectivity index (χ0v) is 18.4. The van der Waals surface area contributed by atoms with Crippen LogP contribution in [0.25, 0.3) is 11.0 Å². The van der Waals surface area contributed by atoms with Gasteiger partial charge in [0.2, 0.25) is 5.91 Å². The molecule has 1 heterocycles. The normalized spacial score (nSPS) is 10.8. The predicted molar refractivity (Wildman–Crippen MR) is 123 cm³/mol. The van der Waals surface area contributed by atoms with Crippen molar-refractivity contribution in [1.82, 2.24) is 14.9 Å². The number of aromatic nitrogens is 2. The number of aryl methyl sites for hydroxylation is 1. The molecule has 6 nitrogen and oxygen atoms in total. The third-order valence-electron chi connectivity index (χ3n) is 5.05. The van der Waals surface area contributed by atoms with Gasteiger partial charge in [0.1, 0.15) is 5.82 Å². The molecule has 0 aliphatic rings. The molecule has 164 valence electrons. The summed E-state index contributed by atoms with van der Waals surface area (Å²) in [6, 6.07) is 14.0. The summed E-state index contributed by atoms with van der Waals surface area (Å²) in [7, 11) is 1.65. The third-order valence-corrected chi connectivity index (χ3v) is 5.05. The molecule has 3 rings (SSSR count). The van der Waals surface area contributed by atoms with Gasteiger partial charge in [-0.25, -0.2) is 4.98 Å². The van der Waals surface area contributed by atoms with Gasteiger partial charge in [-0.3, -0.25) is 4.79 Å². The first-order valence-electron chi connectivity index (χ1n) is 10.8. The number of hydrogen-bond donors (Lipinski definition) is 1. The highest BCUT2D eigenvalue weighted by atomic mass is 16.5. The van der Waals surface area contributed by atoms with Gasteiger partial charge < -0.3 is 19.4 Å². The smallest absolute Gasteiger partial charge is 0.220 e. The zero-order chi connectivity index (χ0) is 22.1. The van der Waals surface area contributed by atoms with Gasteiger partial charge >= 0.3 is 0 Å². The number of imidazole rings is 1. The number of ether oxygens (including phenoxy) is 2. The van der Waals surface area contributed by atoms with E-state index in [0.717, 1.165) is 59.7 Å². The van der Waals surface area contributed by atoms with Crippen LogP contribution < -0.4 is 14.8 Å². The Bertz CT molecular complexity index is 1030. The van der Waals surface area contributed by atoms with E-state index in [0.29, 0.717) is 19.6 Å². The molecular weight excluding hydrogens is 390 g/mol. The molecule has 0 aliphatic carbocycles. The first-order chi connectivity index (χ1) is 15.2. The maximum absolute atomic E-state index is 11.9. The van der Waals surface area contributed by atoms with E-state index < -0.39 is 0 Å². The van der Waals surface area contributed by atoms with Crippen LogP contribution in [0.2, 0.25) is 0 Å². The molecule has 31 heavy (non-hydrogen) atoms. The number of nitrogens with zero attached hydrogens (tertiary/aromatic N) is 2. The molecule has 1 aromatic heterocycles. The fourth-order valence-corrected chi connectivity index (χ4v) is 3.53. The Balaban J connectivity index is 1.64. The molecular formula is C25H31N3O3. The molecule has 2 aromatic carbocycles. The molecule has 3 aromatic rings. The number of benzene rings is 2. The van der Waals surface area contributed by atoms with Gasteiger partial charge in [0.05, 0.1) is 31.3 Å². The fourth-order valence-electron chi connectivity index (χ4n) is 3.53. The van der Waals surface area contributed by atoms with Crippen LogP contribution in [0, 0.1) is 0 Å². The highest BCUT2D eigenvalue weighted by molar-refractivity contribution is 5.77. The van der Waals surface area contributed by atoms with Crippen molar-refractivity contribution in [2.45, 2.75) is 45.7 Å². The van der Waals surface area contributed by atoms with Gasteiger partial charge in [0, 0.05) is 13.0 Å². The molecule has 0 fully saturated rings. The van der Waals surface area contributed by atoms with Crippen molar-refractivity contribution in [1.29, 1.82) is 0 Å². The van der Waals surface area contributed by atoms with Crippen LogP contribution >= 0.6 is 0 Å². The van der Waals surface area contributed by atoms with Crippen molar-refractivity contribution >= 4 is 16.9 Å². The van der Waals surface area contributed by atoms with E-state index in [2.05, 4.69) is 22.5 Å². The lowest BCUT2D eigenvalue weighted by Gasteiger charge is -2.13. The lowest BCUT2D eigenvalue weighted by molar-refractivity contribution is -0.121. The number of amides is 1. The quantitative estimate of drug-likeness (QED) is 0.341. The van der Waals surface area contributed by atoms with Crippen molar-refractivity contribution in [2.24, 2.45) is 0 Å². The topological polar surface area (TPSA) is 65.4 Å². The molecule has 1 N–H and O–H groups in total. The molecule has 0 aliphatic heterocycles. The summed E-state index contributed by atoms with van der Waals surface area (Å²) in [6.45, 7) is 7.49. The second-order valence-corrected chi connectivity index (χ2v) is 7.38. The molecule has 6 heteroatoms. The van der Waals surface area contributed by atoms with Crippen LogP contribution in [0.4, 0.5) is 0 Å². The minimum atomic E-state index is 0.0523. The van der Waals surface area contributed by atoms with Crippen LogP contribution in [-0.2, 0) is 24.3 Å². The van der Waals surface area contributed by atoms with E-state index in [9.17, 15) is 4.79 Å². The average Bonchev–Trinajstić information content (AvgIpc) is 3.14. The fraction of sp³-hybridized carbons (Fsp3) is 0.360. The Morgan fingerprint density at radius 2 is 2.06 bits per heavy atom. The summed E-state index contributed by atoms with van der Waals surface area (Å²) in [6.07, 6.45) is 4.82. The predicted octanol–water partition coefficient (Wildman–Crippen LogP) is 4.66. The van der Waals surface area contributed by atoms with E-state index in [1.54, 1.807) is 7.11 Å². The van der Waals surface area contributed by atoms with E-state index in [1.807, 2.05) is 49.4 Å². The zero-order valence-electron chi connectivity index (χ0n) is 18.4. The monoisotopic (exact) mass is 421 g/mol.